The van der Waals surface area contributed by atoms with Crippen molar-refractivity contribution >= 4 is 0 Å². The molecular weight excluding hydrogens is 417 g/mol. The summed E-state index contributed by atoms with van der Waals surface area (Å²) in [7, 11) is 0. The normalized spacial score (nSPS) is 37.3. The number of aromatic hydroxyl groups is 1. The van der Waals surface area contributed by atoms with E-state index in [-0.39, 0.29) is 40.9 Å². The van der Waals surface area contributed by atoms with Gasteiger partial charge >= 0.3 is 6.18 Å². The molecule has 1 aromatic rings. The third-order valence-corrected chi connectivity index (χ3v) is 9.04. The number of halogens is 3. The Kier molecular flexibility index (Phi) is 6.17. The first kappa shape index (κ1) is 23.6. The first-order valence-electron chi connectivity index (χ1n) is 11.9. The van der Waals surface area contributed by atoms with Crippen molar-refractivity contribution in [2.75, 3.05) is 0 Å². The molecule has 0 heterocycles. The molecule has 3 nitrogen and oxygen atoms in total. The predicted octanol–water partition coefficient (Wildman–Crippen LogP) is 5.88. The maximum absolute atomic E-state index is 12.7. The molecule has 0 unspecified atom stereocenters. The third-order valence-electron chi connectivity index (χ3n) is 9.04. The van der Waals surface area contributed by atoms with Gasteiger partial charge in [-0.2, -0.15) is 13.2 Å². The second-order valence-electron chi connectivity index (χ2n) is 10.6. The summed E-state index contributed by atoms with van der Waals surface area (Å²) in [6.07, 6.45) is 0.612. The van der Waals surface area contributed by atoms with E-state index in [4.69, 9.17) is 0 Å². The molecule has 32 heavy (non-hydrogen) atoms. The molecule has 0 aromatic heterocycles. The number of allylic oxidation sites excluding steroid dienone is 1. The van der Waals surface area contributed by atoms with Crippen LogP contribution >= 0.6 is 0 Å². The highest BCUT2D eigenvalue weighted by Gasteiger charge is 2.63. The fourth-order valence-corrected chi connectivity index (χ4v) is 7.60. The van der Waals surface area contributed by atoms with Crippen molar-refractivity contribution in [3.8, 4) is 5.75 Å². The third kappa shape index (κ3) is 3.77. The topological polar surface area (TPSA) is 60.7 Å². The average molecular weight is 453 g/mol. The molecular formula is C26H35F3O3. The van der Waals surface area contributed by atoms with Gasteiger partial charge in [0.15, 0.2) is 0 Å². The van der Waals surface area contributed by atoms with Crippen molar-refractivity contribution < 1.29 is 28.5 Å². The number of phenolic OH excluding ortho intramolecular Hbond substituents is 1. The van der Waals surface area contributed by atoms with Crippen LogP contribution in [0.1, 0.15) is 75.3 Å². The molecule has 2 fully saturated rings. The maximum Gasteiger partial charge on any atom is 0.414 e. The van der Waals surface area contributed by atoms with Crippen molar-refractivity contribution in [3.05, 3.63) is 42.0 Å². The zero-order valence-electron chi connectivity index (χ0n) is 18.7. The van der Waals surface area contributed by atoms with Gasteiger partial charge in [0.1, 0.15) is 11.9 Å². The number of alkyl halides is 3. The summed E-state index contributed by atoms with van der Waals surface area (Å²) in [5.41, 5.74) is 1.98. The Morgan fingerprint density at radius 2 is 2.00 bits per heavy atom. The van der Waals surface area contributed by atoms with Crippen molar-refractivity contribution in [2.24, 2.45) is 22.7 Å². The minimum atomic E-state index is -4.57. The highest BCUT2D eigenvalue weighted by molar-refractivity contribution is 5.43. The number of aliphatic hydroxyl groups excluding tert-OH is 2. The van der Waals surface area contributed by atoms with E-state index in [0.717, 1.165) is 44.1 Å². The standard InChI is InChI=1S/C26H35F3O3/c1-3-25-13-12-16-14-18(30)8-9-19(16)23(25)17(6-4-5-7-22(32)26(27,28)29)15-24(2)20(25)10-11-21(24)31/h3,8-9,14,17,20-23,30-32H,1,4-7,10-13,15H2,2H3/t17-,20+,21-,22+,23+,24-,25-/m0/s1. The van der Waals surface area contributed by atoms with Crippen LogP contribution in [0.15, 0.2) is 30.9 Å². The summed E-state index contributed by atoms with van der Waals surface area (Å²) < 4.78 is 38.0. The summed E-state index contributed by atoms with van der Waals surface area (Å²) in [6, 6.07) is 5.59. The molecule has 1 aromatic carbocycles. The number of unbranched alkanes of at least 4 members (excludes halogenated alkanes) is 1. The second-order valence-corrected chi connectivity index (χ2v) is 10.6. The molecule has 3 aliphatic carbocycles. The van der Waals surface area contributed by atoms with E-state index >= 15 is 0 Å². The molecule has 4 rings (SSSR count). The first-order chi connectivity index (χ1) is 15.0. The Morgan fingerprint density at radius 3 is 2.69 bits per heavy atom. The van der Waals surface area contributed by atoms with Gasteiger partial charge in [0.25, 0.3) is 0 Å². The predicted molar refractivity (Wildman–Crippen MR) is 117 cm³/mol. The highest BCUT2D eigenvalue weighted by Crippen LogP contribution is 2.69. The zero-order chi connectivity index (χ0) is 23.3. The van der Waals surface area contributed by atoms with Crippen molar-refractivity contribution in [3.63, 3.8) is 0 Å². The van der Waals surface area contributed by atoms with Crippen molar-refractivity contribution in [1.29, 1.82) is 0 Å². The van der Waals surface area contributed by atoms with Gasteiger partial charge in [-0.05, 0) is 96.8 Å². The Morgan fingerprint density at radius 1 is 1.25 bits per heavy atom. The molecule has 6 heteroatoms. The summed E-state index contributed by atoms with van der Waals surface area (Å²) in [5, 5.41) is 30.3. The monoisotopic (exact) mass is 452 g/mol. The lowest BCUT2D eigenvalue weighted by atomic mass is 9.44. The number of benzene rings is 1. The van der Waals surface area contributed by atoms with E-state index in [0.29, 0.717) is 18.8 Å². The van der Waals surface area contributed by atoms with Gasteiger partial charge in [-0.1, -0.05) is 31.9 Å². The second kappa shape index (κ2) is 8.35. The number of hydrogen-bond donors (Lipinski definition) is 3. The largest absolute Gasteiger partial charge is 0.508 e. The Bertz CT molecular complexity index is 853. The Balaban J connectivity index is 1.63. The molecule has 3 aliphatic rings. The molecule has 0 saturated heterocycles. The van der Waals surface area contributed by atoms with Gasteiger partial charge < -0.3 is 15.3 Å². The van der Waals surface area contributed by atoms with Crippen LogP contribution in [0, 0.1) is 22.7 Å². The van der Waals surface area contributed by atoms with Crippen LogP contribution < -0.4 is 0 Å². The molecule has 2 saturated carbocycles. The van der Waals surface area contributed by atoms with Gasteiger partial charge in [0.05, 0.1) is 6.10 Å². The van der Waals surface area contributed by atoms with Crippen LogP contribution in [0.2, 0.25) is 0 Å². The lowest BCUT2D eigenvalue weighted by Gasteiger charge is -2.60. The van der Waals surface area contributed by atoms with Gasteiger partial charge in [0, 0.05) is 0 Å². The average Bonchev–Trinajstić information content (AvgIpc) is 3.04. The molecule has 0 radical (unpaired) electrons. The summed E-state index contributed by atoms with van der Waals surface area (Å²) >= 11 is 0. The highest BCUT2D eigenvalue weighted by atomic mass is 19.4. The SMILES string of the molecule is C=C[C@@]12CCc3cc(O)ccc3[C@H]1[C@@H](CCCC[C@@H](O)C(F)(F)F)C[C@@]1(C)[C@H]2CC[C@@H]1O. The number of aliphatic hydroxyl groups is 2. The maximum atomic E-state index is 12.7. The van der Waals surface area contributed by atoms with Crippen LogP contribution in [0.4, 0.5) is 13.2 Å². The van der Waals surface area contributed by atoms with Crippen LogP contribution in [-0.4, -0.2) is 33.7 Å². The van der Waals surface area contributed by atoms with E-state index < -0.39 is 12.3 Å². The van der Waals surface area contributed by atoms with Crippen LogP contribution in [-0.2, 0) is 6.42 Å². The summed E-state index contributed by atoms with van der Waals surface area (Å²) in [6.45, 7) is 6.44. The Labute approximate surface area is 188 Å². The van der Waals surface area contributed by atoms with Crippen molar-refractivity contribution in [1.82, 2.24) is 0 Å². The van der Waals surface area contributed by atoms with Gasteiger partial charge in [-0.25, -0.2) is 0 Å². The van der Waals surface area contributed by atoms with Crippen LogP contribution in [0.3, 0.4) is 0 Å². The molecule has 178 valence electrons. The lowest BCUT2D eigenvalue weighted by Crippen LogP contribution is -2.54. The van der Waals surface area contributed by atoms with E-state index in [1.54, 1.807) is 6.07 Å². The van der Waals surface area contributed by atoms with E-state index in [9.17, 15) is 28.5 Å². The van der Waals surface area contributed by atoms with E-state index in [1.807, 2.05) is 12.1 Å². The smallest absolute Gasteiger partial charge is 0.414 e. The molecule has 3 N–H and O–H groups in total. The molecule has 0 bridgehead atoms. The summed E-state index contributed by atoms with van der Waals surface area (Å²) in [5.74, 6) is 0.955. The quantitative estimate of drug-likeness (QED) is 0.373. The number of rotatable bonds is 6. The Hall–Kier alpha value is -1.53. The zero-order valence-corrected chi connectivity index (χ0v) is 18.7. The molecule has 0 aliphatic heterocycles. The fourth-order valence-electron chi connectivity index (χ4n) is 7.60. The minimum absolute atomic E-state index is 0.162. The lowest BCUT2D eigenvalue weighted by molar-refractivity contribution is -0.205. The summed E-state index contributed by atoms with van der Waals surface area (Å²) in [4.78, 5) is 0. The molecule has 0 amide bonds. The van der Waals surface area contributed by atoms with Crippen molar-refractivity contribution in [2.45, 2.75) is 89.0 Å². The van der Waals surface area contributed by atoms with Gasteiger partial charge in [0.2, 0.25) is 0 Å². The van der Waals surface area contributed by atoms with E-state index in [2.05, 4.69) is 19.6 Å². The number of hydrogen-bond acceptors (Lipinski definition) is 3. The number of phenols is 1. The first-order valence-corrected chi connectivity index (χ1v) is 11.9. The van der Waals surface area contributed by atoms with Crippen LogP contribution in [0.25, 0.3) is 0 Å². The number of aryl methyl sites for hydroxylation is 1. The van der Waals surface area contributed by atoms with Gasteiger partial charge in [-0.3, -0.25) is 0 Å². The van der Waals surface area contributed by atoms with E-state index in [1.165, 1.54) is 5.56 Å². The fraction of sp³-hybridized carbons (Fsp3) is 0.692. The number of fused-ring (bicyclic) bond motifs is 5. The molecule has 0 spiro atoms. The van der Waals surface area contributed by atoms with Gasteiger partial charge in [-0.15, -0.1) is 6.58 Å². The van der Waals surface area contributed by atoms with Crippen LogP contribution in [0.5, 0.6) is 5.75 Å². The molecule has 7 atom stereocenters. The minimum Gasteiger partial charge on any atom is -0.508 e.